The fourth-order valence-electron chi connectivity index (χ4n) is 3.79. The van der Waals surface area contributed by atoms with Crippen molar-refractivity contribution < 1.29 is 9.84 Å². The lowest BCUT2D eigenvalue weighted by Gasteiger charge is -2.14. The van der Waals surface area contributed by atoms with E-state index in [0.717, 1.165) is 36.0 Å². The number of fused-ring (bicyclic) bond motifs is 1. The molecule has 1 aliphatic rings. The van der Waals surface area contributed by atoms with E-state index in [9.17, 15) is 5.11 Å². The minimum atomic E-state index is -0.446. The van der Waals surface area contributed by atoms with Crippen LogP contribution in [0.25, 0.3) is 33.5 Å². The lowest BCUT2D eigenvalue weighted by atomic mass is 10.0. The molecule has 0 aliphatic heterocycles. The van der Waals surface area contributed by atoms with Gasteiger partial charge in [-0.05, 0) is 36.5 Å². The number of halogens is 1. The quantitative estimate of drug-likeness (QED) is 0.487. The average Bonchev–Trinajstić information content (AvgIpc) is 3.33. The van der Waals surface area contributed by atoms with Gasteiger partial charge >= 0.3 is 0 Å². The summed E-state index contributed by atoms with van der Waals surface area (Å²) in [5, 5.41) is 10.5. The van der Waals surface area contributed by atoms with Crippen LogP contribution in [-0.2, 0) is 0 Å². The van der Waals surface area contributed by atoms with E-state index in [1.165, 1.54) is 0 Å². The van der Waals surface area contributed by atoms with Gasteiger partial charge in [0, 0.05) is 5.56 Å². The van der Waals surface area contributed by atoms with Crippen molar-refractivity contribution in [1.29, 1.82) is 0 Å². The van der Waals surface area contributed by atoms with E-state index in [0.29, 0.717) is 27.9 Å². The van der Waals surface area contributed by atoms with Gasteiger partial charge in [0.2, 0.25) is 0 Å². The summed E-state index contributed by atoms with van der Waals surface area (Å²) in [6.45, 7) is 0. The van der Waals surface area contributed by atoms with Gasteiger partial charge in [0.25, 0.3) is 6.01 Å². The minimum Gasteiger partial charge on any atom is -0.459 e. The zero-order valence-electron chi connectivity index (χ0n) is 15.7. The Morgan fingerprint density at radius 3 is 2.38 bits per heavy atom. The number of rotatable bonds is 4. The number of aromatic amines is 1. The summed E-state index contributed by atoms with van der Waals surface area (Å²) in [5.74, 6) is 0. The molecular weight excluding hydrogens is 386 g/mol. The summed E-state index contributed by atoms with van der Waals surface area (Å²) < 4.78 is 5.82. The largest absolute Gasteiger partial charge is 0.459 e. The number of imidazole rings is 1. The van der Waals surface area contributed by atoms with Crippen molar-refractivity contribution >= 4 is 22.8 Å². The maximum Gasteiger partial charge on any atom is 0.296 e. The average molecular weight is 406 g/mol. The normalized spacial score (nSPS) is 19.0. The van der Waals surface area contributed by atoms with E-state index >= 15 is 0 Å². The number of aliphatic hydroxyl groups is 1. The van der Waals surface area contributed by atoms with Gasteiger partial charge in [-0.25, -0.2) is 4.98 Å². The number of hydrogen-bond acceptors (Lipinski definition) is 4. The van der Waals surface area contributed by atoms with E-state index in [1.54, 1.807) is 0 Å². The smallest absolute Gasteiger partial charge is 0.296 e. The number of aromatic nitrogens is 3. The van der Waals surface area contributed by atoms with Crippen molar-refractivity contribution in [2.24, 2.45) is 0 Å². The molecule has 146 valence electrons. The summed E-state index contributed by atoms with van der Waals surface area (Å²) in [5.41, 5.74) is 5.15. The van der Waals surface area contributed by atoms with Crippen molar-refractivity contribution in [3.8, 4) is 28.4 Å². The van der Waals surface area contributed by atoms with Gasteiger partial charge in [-0.1, -0.05) is 66.2 Å². The molecule has 4 aromatic rings. The maximum atomic E-state index is 9.96. The fourth-order valence-corrected chi connectivity index (χ4v) is 4.05. The summed E-state index contributed by atoms with van der Waals surface area (Å²) in [4.78, 5) is 12.2. The molecule has 1 aliphatic carbocycles. The van der Waals surface area contributed by atoms with E-state index < -0.39 is 6.10 Å². The molecule has 2 aromatic heterocycles. The van der Waals surface area contributed by atoms with Crippen LogP contribution in [0.5, 0.6) is 6.01 Å². The molecule has 2 atom stereocenters. The highest BCUT2D eigenvalue weighted by Gasteiger charge is 2.28. The third kappa shape index (κ3) is 3.59. The van der Waals surface area contributed by atoms with Crippen molar-refractivity contribution in [3.05, 3.63) is 65.7 Å². The van der Waals surface area contributed by atoms with Gasteiger partial charge in [-0.15, -0.1) is 0 Å². The van der Waals surface area contributed by atoms with Crippen molar-refractivity contribution in [2.75, 3.05) is 0 Å². The molecule has 0 spiro atoms. The van der Waals surface area contributed by atoms with Crippen molar-refractivity contribution in [3.63, 3.8) is 0 Å². The second-order valence-corrected chi connectivity index (χ2v) is 7.74. The van der Waals surface area contributed by atoms with Crippen LogP contribution in [0.1, 0.15) is 19.3 Å². The minimum absolute atomic E-state index is 0.226. The molecule has 6 heteroatoms. The van der Waals surface area contributed by atoms with Crippen LogP contribution in [0, 0.1) is 0 Å². The number of aliphatic hydroxyl groups excluding tert-OH is 1. The third-order valence-electron chi connectivity index (χ3n) is 5.35. The second kappa shape index (κ2) is 7.50. The van der Waals surface area contributed by atoms with Gasteiger partial charge in [0.15, 0.2) is 5.65 Å². The van der Waals surface area contributed by atoms with E-state index in [4.69, 9.17) is 16.3 Å². The molecule has 5 rings (SSSR count). The van der Waals surface area contributed by atoms with Crippen LogP contribution in [0.4, 0.5) is 0 Å². The van der Waals surface area contributed by atoms with Crippen molar-refractivity contribution in [2.45, 2.75) is 31.5 Å². The highest BCUT2D eigenvalue weighted by Crippen LogP contribution is 2.32. The highest BCUT2D eigenvalue weighted by atomic mass is 35.5. The number of ether oxygens (including phenoxy) is 1. The SMILES string of the molecule is O[C@@H]1CCC[C@H]1Oc1nc2nc(-c3ccc(-c4ccccc4)cc3)c(Cl)cc2[nH]1. The Morgan fingerprint density at radius 2 is 1.66 bits per heavy atom. The van der Waals surface area contributed by atoms with Crippen LogP contribution in [0.3, 0.4) is 0 Å². The Bertz CT molecular complexity index is 1140. The zero-order valence-corrected chi connectivity index (χ0v) is 16.4. The number of hydrogen-bond donors (Lipinski definition) is 2. The van der Waals surface area contributed by atoms with Gasteiger partial charge in [-0.3, -0.25) is 0 Å². The predicted octanol–water partition coefficient (Wildman–Crippen LogP) is 5.24. The zero-order chi connectivity index (χ0) is 19.8. The highest BCUT2D eigenvalue weighted by molar-refractivity contribution is 6.33. The Morgan fingerprint density at radius 1 is 0.931 bits per heavy atom. The Hall–Kier alpha value is -2.89. The number of nitrogens with one attached hydrogen (secondary N) is 1. The summed E-state index contributed by atoms with van der Waals surface area (Å²) in [7, 11) is 0. The predicted molar refractivity (Wildman–Crippen MR) is 114 cm³/mol. The van der Waals surface area contributed by atoms with E-state index in [2.05, 4.69) is 39.2 Å². The molecule has 0 amide bonds. The second-order valence-electron chi connectivity index (χ2n) is 7.33. The number of H-pyrrole nitrogens is 1. The maximum absolute atomic E-state index is 9.96. The molecule has 0 radical (unpaired) electrons. The van der Waals surface area contributed by atoms with Crippen LogP contribution in [0.2, 0.25) is 5.02 Å². The molecule has 2 N–H and O–H groups in total. The molecule has 0 bridgehead atoms. The number of pyridine rings is 1. The molecule has 2 heterocycles. The fraction of sp³-hybridized carbons (Fsp3) is 0.217. The summed E-state index contributed by atoms with van der Waals surface area (Å²) in [6, 6.07) is 20.6. The summed E-state index contributed by atoms with van der Waals surface area (Å²) in [6.07, 6.45) is 1.87. The molecular formula is C23H20ClN3O2. The molecule has 1 saturated carbocycles. The number of benzene rings is 2. The van der Waals surface area contributed by atoms with Crippen LogP contribution in [-0.4, -0.2) is 32.3 Å². The molecule has 5 nitrogen and oxygen atoms in total. The molecule has 2 aromatic carbocycles. The third-order valence-corrected chi connectivity index (χ3v) is 5.64. The molecule has 0 saturated heterocycles. The lowest BCUT2D eigenvalue weighted by Crippen LogP contribution is -2.26. The van der Waals surface area contributed by atoms with Gasteiger partial charge < -0.3 is 14.8 Å². The first-order chi connectivity index (χ1) is 14.2. The standard InChI is InChI=1S/C23H20ClN3O2/c24-17-13-18-22(27-23(25-18)29-20-8-4-7-19(20)28)26-21(17)16-11-9-15(10-12-16)14-5-2-1-3-6-14/h1-3,5-6,9-13,19-20,28H,4,7-8H2,(H,25,26,27)/t19-,20-/m1/s1. The van der Waals surface area contributed by atoms with Crippen LogP contribution in [0.15, 0.2) is 60.7 Å². The van der Waals surface area contributed by atoms with Crippen LogP contribution >= 0.6 is 11.6 Å². The first-order valence-electron chi connectivity index (χ1n) is 9.74. The van der Waals surface area contributed by atoms with Gasteiger partial charge in [0.1, 0.15) is 6.10 Å². The van der Waals surface area contributed by atoms with Crippen molar-refractivity contribution in [1.82, 2.24) is 15.0 Å². The monoisotopic (exact) mass is 405 g/mol. The van der Waals surface area contributed by atoms with Gasteiger partial charge in [0.05, 0.1) is 22.3 Å². The molecule has 0 unspecified atom stereocenters. The molecule has 1 fully saturated rings. The lowest BCUT2D eigenvalue weighted by molar-refractivity contribution is 0.0549. The van der Waals surface area contributed by atoms with Crippen LogP contribution < -0.4 is 4.74 Å². The topological polar surface area (TPSA) is 71.0 Å². The number of nitrogens with zero attached hydrogens (tertiary/aromatic N) is 2. The first-order valence-corrected chi connectivity index (χ1v) is 10.1. The Kier molecular flexibility index (Phi) is 4.70. The Labute approximate surface area is 173 Å². The van der Waals surface area contributed by atoms with E-state index in [-0.39, 0.29) is 6.10 Å². The first kappa shape index (κ1) is 18.2. The Balaban J connectivity index is 1.44. The molecule has 29 heavy (non-hydrogen) atoms. The van der Waals surface area contributed by atoms with Gasteiger partial charge in [-0.2, -0.15) is 4.98 Å². The van der Waals surface area contributed by atoms with E-state index in [1.807, 2.05) is 36.4 Å². The summed E-state index contributed by atoms with van der Waals surface area (Å²) >= 11 is 6.51.